The van der Waals surface area contributed by atoms with E-state index in [2.05, 4.69) is 16.6 Å². The van der Waals surface area contributed by atoms with Gasteiger partial charge in [-0.1, -0.05) is 0 Å². The molecule has 0 amide bonds. The molecule has 0 aromatic carbocycles. The molecule has 6 nitrogen and oxygen atoms in total. The van der Waals surface area contributed by atoms with E-state index < -0.39 is 0 Å². The van der Waals surface area contributed by atoms with E-state index in [1.54, 1.807) is 0 Å². The van der Waals surface area contributed by atoms with Crippen LogP contribution < -0.4 is 0 Å². The molecule has 0 unspecified atom stereocenters. The van der Waals surface area contributed by atoms with E-state index in [-0.39, 0.29) is 50.6 Å². The van der Waals surface area contributed by atoms with Gasteiger partial charge in [0.25, 0.3) is 0 Å². The highest BCUT2D eigenvalue weighted by Crippen LogP contribution is 2.15. The third-order valence-corrected chi connectivity index (χ3v) is 3.02. The summed E-state index contributed by atoms with van der Waals surface area (Å²) in [6.07, 6.45) is 0.410. The Labute approximate surface area is 92.6 Å². The zero-order valence-corrected chi connectivity index (χ0v) is 9.92. The first-order chi connectivity index (χ1) is 4.75. The monoisotopic (exact) mass is 225 g/mol. The van der Waals surface area contributed by atoms with Crippen LogP contribution in [-0.4, -0.2) is 67.3 Å². The predicted octanol–water partition coefficient (Wildman–Crippen LogP) is -2.66. The van der Waals surface area contributed by atoms with Crippen molar-refractivity contribution in [3.05, 3.63) is 0 Å². The van der Waals surface area contributed by atoms with Crippen LogP contribution in [0.4, 0.5) is 0 Å². The van der Waals surface area contributed by atoms with E-state index in [1.165, 1.54) is 0 Å². The molecular formula is C5H15Al2O6. The molecule has 0 aromatic heterocycles. The van der Waals surface area contributed by atoms with Crippen molar-refractivity contribution in [2.24, 2.45) is 0 Å². The highest BCUT2D eigenvalue weighted by molar-refractivity contribution is 6.19. The van der Waals surface area contributed by atoms with Gasteiger partial charge in [0.15, 0.2) is 0 Å². The second-order valence-corrected chi connectivity index (χ2v) is 3.39. The smallest absolute Gasteiger partial charge is 0.512 e. The summed E-state index contributed by atoms with van der Waals surface area (Å²) in [5.41, 5.74) is 0. The summed E-state index contributed by atoms with van der Waals surface area (Å²) < 4.78 is 15.6. The molecule has 6 N–H and O–H groups in total. The minimum Gasteiger partial charge on any atom is -0.512 e. The van der Waals surface area contributed by atoms with Crippen molar-refractivity contribution in [1.82, 2.24) is 0 Å². The van der Waals surface area contributed by atoms with Crippen LogP contribution >= 0.6 is 0 Å². The van der Waals surface area contributed by atoms with Gasteiger partial charge in [-0.15, -0.1) is 0 Å². The maximum Gasteiger partial charge on any atom is 0.668 e. The molecule has 3 atom stereocenters. The average Bonchev–Trinajstić information content (AvgIpc) is 2.34. The minimum atomic E-state index is -0.259. The Balaban J connectivity index is -0.000000333. The molecule has 77 valence electrons. The molecule has 0 aliphatic carbocycles. The third-order valence-electron chi connectivity index (χ3n) is 1.62. The van der Waals surface area contributed by atoms with Crippen molar-refractivity contribution < 1.29 is 27.8 Å². The van der Waals surface area contributed by atoms with Gasteiger partial charge in [0.2, 0.25) is 0 Å². The topological polar surface area (TPSA) is 122 Å². The molecule has 0 spiro atoms. The SMILES string of the molecule is C[C@H]([O][Al])[C@@H]1[O][Al][O][C@@H]1C.O.O.O. The first kappa shape index (κ1) is 19.4. The zero-order chi connectivity index (χ0) is 7.56. The van der Waals surface area contributed by atoms with Gasteiger partial charge >= 0.3 is 32.5 Å². The number of rotatable bonds is 2. The van der Waals surface area contributed by atoms with Crippen LogP contribution in [0.5, 0.6) is 0 Å². The van der Waals surface area contributed by atoms with E-state index in [4.69, 9.17) is 11.4 Å². The van der Waals surface area contributed by atoms with E-state index >= 15 is 0 Å². The summed E-state index contributed by atoms with van der Waals surface area (Å²) >= 11 is 1.98. The van der Waals surface area contributed by atoms with Crippen molar-refractivity contribution >= 4 is 32.5 Å². The Morgan fingerprint density at radius 3 is 2.15 bits per heavy atom. The van der Waals surface area contributed by atoms with Gasteiger partial charge in [-0.3, -0.25) is 0 Å². The van der Waals surface area contributed by atoms with Crippen LogP contribution in [0.2, 0.25) is 0 Å². The summed E-state index contributed by atoms with van der Waals surface area (Å²) in [5, 5.41) is 0. The van der Waals surface area contributed by atoms with Crippen LogP contribution in [0.15, 0.2) is 0 Å². The number of hydrogen-bond acceptors (Lipinski definition) is 3. The molecule has 1 aliphatic rings. The standard InChI is InChI=1S/C5H9O3.2Al.3H2O/c1-3(6)5(8)4(2)7;;;;;/h3-5H,1-2H3;;;3*1H2/q-3;+1;+2;;;/t3-,4+,5-;;;;;. The van der Waals surface area contributed by atoms with Crippen LogP contribution in [0.1, 0.15) is 13.8 Å². The zero-order valence-electron chi connectivity index (χ0n) is 7.61. The van der Waals surface area contributed by atoms with Gasteiger partial charge < -0.3 is 27.8 Å². The van der Waals surface area contributed by atoms with Crippen molar-refractivity contribution in [2.75, 3.05) is 0 Å². The van der Waals surface area contributed by atoms with Gasteiger partial charge in [0.1, 0.15) is 0 Å². The second kappa shape index (κ2) is 9.38. The lowest BCUT2D eigenvalue weighted by atomic mass is 10.1. The molecule has 0 saturated carbocycles. The summed E-state index contributed by atoms with van der Waals surface area (Å²) in [6, 6.07) is 0. The molecule has 0 aromatic rings. The highest BCUT2D eigenvalue weighted by atomic mass is 27.2. The van der Waals surface area contributed by atoms with Gasteiger partial charge in [-0.25, -0.2) is 0 Å². The lowest BCUT2D eigenvalue weighted by molar-refractivity contribution is 0.0571. The molecule has 13 heavy (non-hydrogen) atoms. The fourth-order valence-corrected chi connectivity index (χ4v) is 2.06. The minimum absolute atomic E-state index is 0. The Hall–Kier alpha value is 0.825. The average molecular weight is 225 g/mol. The van der Waals surface area contributed by atoms with Gasteiger partial charge in [-0.2, -0.15) is 0 Å². The Morgan fingerprint density at radius 1 is 1.31 bits per heavy atom. The van der Waals surface area contributed by atoms with Crippen molar-refractivity contribution in [1.29, 1.82) is 0 Å². The first-order valence-corrected chi connectivity index (χ1v) is 4.65. The Morgan fingerprint density at radius 2 is 1.85 bits per heavy atom. The fourth-order valence-electron chi connectivity index (χ4n) is 0.942. The summed E-state index contributed by atoms with van der Waals surface area (Å²) in [7, 11) is 0. The molecule has 1 aliphatic heterocycles. The summed E-state index contributed by atoms with van der Waals surface area (Å²) in [4.78, 5) is 0. The molecule has 1 fully saturated rings. The van der Waals surface area contributed by atoms with Crippen LogP contribution in [0.25, 0.3) is 0 Å². The first-order valence-electron chi connectivity index (χ1n) is 3.24. The lowest BCUT2D eigenvalue weighted by Crippen LogP contribution is -2.32. The normalized spacial score (nSPS) is 27.2. The number of hydrogen-bond donors (Lipinski definition) is 0. The molecular weight excluding hydrogens is 210 g/mol. The quantitative estimate of drug-likeness (QED) is 0.476. The van der Waals surface area contributed by atoms with Gasteiger partial charge in [0.05, 0.1) is 12.2 Å². The van der Waals surface area contributed by atoms with Crippen LogP contribution in [-0.2, 0) is 11.4 Å². The largest absolute Gasteiger partial charge is 0.668 e. The fraction of sp³-hybridized carbons (Fsp3) is 1.00. The Kier molecular flexibility index (Phi) is 14.0. The molecule has 1 saturated heterocycles. The molecule has 0 bridgehead atoms. The van der Waals surface area contributed by atoms with Crippen molar-refractivity contribution in [3.8, 4) is 0 Å². The predicted molar refractivity (Wildman–Crippen MR) is 48.3 cm³/mol. The lowest BCUT2D eigenvalue weighted by Gasteiger charge is -2.23. The summed E-state index contributed by atoms with van der Waals surface area (Å²) in [6.45, 7) is 3.98. The van der Waals surface area contributed by atoms with Crippen LogP contribution in [0.3, 0.4) is 0 Å². The van der Waals surface area contributed by atoms with Gasteiger partial charge in [-0.05, 0) is 13.8 Å². The van der Waals surface area contributed by atoms with Crippen LogP contribution in [0, 0.1) is 0 Å². The molecule has 1 rings (SSSR count). The van der Waals surface area contributed by atoms with E-state index in [9.17, 15) is 0 Å². The van der Waals surface area contributed by atoms with Crippen molar-refractivity contribution in [3.63, 3.8) is 0 Å². The van der Waals surface area contributed by atoms with E-state index in [0.29, 0.717) is 0 Å². The van der Waals surface area contributed by atoms with Crippen molar-refractivity contribution in [2.45, 2.75) is 32.2 Å². The van der Waals surface area contributed by atoms with E-state index in [1.807, 2.05) is 13.8 Å². The Bertz CT molecular complexity index is 115. The molecule has 8 heteroatoms. The third kappa shape index (κ3) is 5.31. The molecule has 1 heterocycles. The van der Waals surface area contributed by atoms with E-state index in [0.717, 1.165) is 0 Å². The maximum absolute atomic E-state index is 5.34. The maximum atomic E-state index is 5.34. The summed E-state index contributed by atoms with van der Waals surface area (Å²) in [5.74, 6) is 0. The van der Waals surface area contributed by atoms with Gasteiger partial charge in [0, 0.05) is 6.10 Å². The molecule has 3 radical (unpaired) electrons. The highest BCUT2D eigenvalue weighted by Gasteiger charge is 2.30. The second-order valence-electron chi connectivity index (χ2n) is 2.38.